The van der Waals surface area contributed by atoms with E-state index in [1.807, 2.05) is 18.2 Å². The first-order chi connectivity index (χ1) is 14.6. The van der Waals surface area contributed by atoms with E-state index in [4.69, 9.17) is 9.47 Å². The molecule has 30 heavy (non-hydrogen) atoms. The van der Waals surface area contributed by atoms with Crippen molar-refractivity contribution < 1.29 is 14.3 Å². The fraction of sp³-hybridized carbons (Fsp3) is 0.261. The van der Waals surface area contributed by atoms with E-state index in [1.54, 1.807) is 31.3 Å². The summed E-state index contributed by atoms with van der Waals surface area (Å²) in [6, 6.07) is 11.1. The second-order valence-corrected chi connectivity index (χ2v) is 7.18. The number of methoxy groups -OCH3 is 1. The number of ether oxygens (including phenoxy) is 2. The Bertz CT molecular complexity index is 1140. The van der Waals surface area contributed by atoms with Gasteiger partial charge in [-0.2, -0.15) is 0 Å². The van der Waals surface area contributed by atoms with E-state index in [0.29, 0.717) is 23.7 Å². The SMILES string of the molecule is COc1ccc(-n2ccc(C)c(C(=O)NCc3ccc4c(c3)CCCO4)c2=O)cn1. The first-order valence-electron chi connectivity index (χ1n) is 9.82. The number of nitrogens with zero attached hydrogens (tertiary/aromatic N) is 2. The Morgan fingerprint density at radius 1 is 1.27 bits per heavy atom. The van der Waals surface area contributed by atoms with Crippen LogP contribution in [-0.4, -0.2) is 29.2 Å². The third kappa shape index (κ3) is 3.91. The summed E-state index contributed by atoms with van der Waals surface area (Å²) >= 11 is 0. The van der Waals surface area contributed by atoms with Crippen LogP contribution in [0.25, 0.3) is 5.69 Å². The fourth-order valence-corrected chi connectivity index (χ4v) is 3.54. The highest BCUT2D eigenvalue weighted by Gasteiger charge is 2.17. The molecule has 0 aliphatic carbocycles. The van der Waals surface area contributed by atoms with Gasteiger partial charge in [0.1, 0.15) is 11.3 Å². The zero-order valence-corrected chi connectivity index (χ0v) is 17.0. The van der Waals surface area contributed by atoms with Crippen molar-refractivity contribution in [1.82, 2.24) is 14.9 Å². The minimum atomic E-state index is -0.401. The van der Waals surface area contributed by atoms with Crippen molar-refractivity contribution in [3.05, 3.63) is 81.4 Å². The average Bonchev–Trinajstić information content (AvgIpc) is 2.78. The van der Waals surface area contributed by atoms with Crippen molar-refractivity contribution in [3.8, 4) is 17.3 Å². The molecular formula is C23H23N3O4. The van der Waals surface area contributed by atoms with Gasteiger partial charge in [-0.25, -0.2) is 4.98 Å². The van der Waals surface area contributed by atoms with Crippen LogP contribution in [0.5, 0.6) is 11.6 Å². The van der Waals surface area contributed by atoms with Gasteiger partial charge in [0.15, 0.2) is 0 Å². The van der Waals surface area contributed by atoms with E-state index in [2.05, 4.69) is 10.3 Å². The number of carbonyl (C=O) groups excluding carboxylic acids is 1. The van der Waals surface area contributed by atoms with Gasteiger partial charge in [0.05, 0.1) is 25.6 Å². The van der Waals surface area contributed by atoms with Crippen LogP contribution in [0.2, 0.25) is 0 Å². The number of rotatable bonds is 5. The Morgan fingerprint density at radius 2 is 2.13 bits per heavy atom. The topological polar surface area (TPSA) is 82.5 Å². The highest BCUT2D eigenvalue weighted by Crippen LogP contribution is 2.25. The highest BCUT2D eigenvalue weighted by atomic mass is 16.5. The number of fused-ring (bicyclic) bond motifs is 1. The maximum Gasteiger partial charge on any atom is 0.268 e. The number of benzene rings is 1. The van der Waals surface area contributed by atoms with Crippen molar-refractivity contribution in [2.24, 2.45) is 0 Å². The summed E-state index contributed by atoms with van der Waals surface area (Å²) in [4.78, 5) is 30.0. The summed E-state index contributed by atoms with van der Waals surface area (Å²) in [6.07, 6.45) is 5.13. The van der Waals surface area contributed by atoms with Gasteiger partial charge in [-0.1, -0.05) is 12.1 Å². The number of amides is 1. The zero-order chi connectivity index (χ0) is 21.1. The van der Waals surface area contributed by atoms with Gasteiger partial charge in [-0.05, 0) is 54.7 Å². The molecule has 1 amide bonds. The van der Waals surface area contributed by atoms with E-state index in [-0.39, 0.29) is 5.56 Å². The first-order valence-corrected chi connectivity index (χ1v) is 9.82. The van der Waals surface area contributed by atoms with Crippen LogP contribution in [0.4, 0.5) is 0 Å². The molecule has 7 nitrogen and oxygen atoms in total. The van der Waals surface area contributed by atoms with E-state index in [0.717, 1.165) is 36.3 Å². The van der Waals surface area contributed by atoms with E-state index < -0.39 is 11.5 Å². The summed E-state index contributed by atoms with van der Waals surface area (Å²) in [5.74, 6) is 0.959. The lowest BCUT2D eigenvalue weighted by molar-refractivity contribution is 0.0948. The monoisotopic (exact) mass is 405 g/mol. The summed E-state index contributed by atoms with van der Waals surface area (Å²) in [5.41, 5.74) is 3.03. The van der Waals surface area contributed by atoms with Crippen molar-refractivity contribution in [2.45, 2.75) is 26.3 Å². The van der Waals surface area contributed by atoms with Crippen LogP contribution in [0.15, 0.2) is 53.6 Å². The van der Waals surface area contributed by atoms with Gasteiger partial charge >= 0.3 is 0 Å². The molecule has 154 valence electrons. The first kappa shape index (κ1) is 19.7. The molecule has 0 unspecified atom stereocenters. The molecule has 2 aromatic heterocycles. The van der Waals surface area contributed by atoms with Gasteiger partial charge in [0.2, 0.25) is 5.88 Å². The highest BCUT2D eigenvalue weighted by molar-refractivity contribution is 5.95. The molecule has 1 aromatic carbocycles. The predicted octanol–water partition coefficient (Wildman–Crippen LogP) is 2.80. The predicted molar refractivity (Wildman–Crippen MR) is 113 cm³/mol. The molecule has 3 aromatic rings. The number of aryl methyl sites for hydroxylation is 2. The smallest absolute Gasteiger partial charge is 0.268 e. The Balaban J connectivity index is 1.55. The number of pyridine rings is 2. The molecular weight excluding hydrogens is 382 g/mol. The van der Waals surface area contributed by atoms with Gasteiger partial charge in [-0.3, -0.25) is 14.2 Å². The molecule has 0 saturated carbocycles. The number of hydrogen-bond acceptors (Lipinski definition) is 5. The molecule has 1 aliphatic rings. The lowest BCUT2D eigenvalue weighted by atomic mass is 10.0. The Morgan fingerprint density at radius 3 is 2.90 bits per heavy atom. The fourth-order valence-electron chi connectivity index (χ4n) is 3.54. The van der Waals surface area contributed by atoms with E-state index in [1.165, 1.54) is 17.9 Å². The summed E-state index contributed by atoms with van der Waals surface area (Å²) in [7, 11) is 1.53. The summed E-state index contributed by atoms with van der Waals surface area (Å²) < 4.78 is 12.1. The van der Waals surface area contributed by atoms with E-state index >= 15 is 0 Å². The minimum absolute atomic E-state index is 0.120. The third-order valence-electron chi connectivity index (χ3n) is 5.16. The molecule has 0 spiro atoms. The average molecular weight is 405 g/mol. The Labute approximate surface area is 174 Å². The number of carbonyl (C=O) groups is 1. The van der Waals surface area contributed by atoms with Gasteiger partial charge in [0.25, 0.3) is 11.5 Å². The van der Waals surface area contributed by atoms with Gasteiger partial charge in [-0.15, -0.1) is 0 Å². The lowest BCUT2D eigenvalue weighted by Gasteiger charge is -2.18. The normalized spacial score (nSPS) is 12.6. The Kier molecular flexibility index (Phi) is 5.52. The molecule has 0 atom stereocenters. The number of aromatic nitrogens is 2. The van der Waals surface area contributed by atoms with Crippen LogP contribution < -0.4 is 20.3 Å². The van der Waals surface area contributed by atoms with Crippen molar-refractivity contribution >= 4 is 5.91 Å². The van der Waals surface area contributed by atoms with Crippen LogP contribution in [-0.2, 0) is 13.0 Å². The number of hydrogen-bond donors (Lipinski definition) is 1. The molecule has 4 rings (SSSR count). The van der Waals surface area contributed by atoms with Crippen LogP contribution in [0.3, 0.4) is 0 Å². The molecule has 7 heteroatoms. The number of nitrogens with one attached hydrogen (secondary N) is 1. The second kappa shape index (κ2) is 8.41. The quantitative estimate of drug-likeness (QED) is 0.706. The molecule has 0 radical (unpaired) electrons. The summed E-state index contributed by atoms with van der Waals surface area (Å²) in [5, 5.41) is 2.87. The van der Waals surface area contributed by atoms with Crippen molar-refractivity contribution in [3.63, 3.8) is 0 Å². The lowest BCUT2D eigenvalue weighted by Crippen LogP contribution is -2.33. The van der Waals surface area contributed by atoms with Crippen molar-refractivity contribution in [1.29, 1.82) is 0 Å². The zero-order valence-electron chi connectivity index (χ0n) is 17.0. The molecule has 1 N–H and O–H groups in total. The largest absolute Gasteiger partial charge is 0.493 e. The Hall–Kier alpha value is -3.61. The third-order valence-corrected chi connectivity index (χ3v) is 5.16. The maximum atomic E-state index is 13.0. The molecule has 1 aliphatic heterocycles. The standard InChI is InChI=1S/C23H23N3O4/c1-15-9-10-26(18-6-8-20(29-2)24-14-18)23(28)21(15)22(27)25-13-16-5-7-19-17(12-16)4-3-11-30-19/h5-10,12,14H,3-4,11,13H2,1-2H3,(H,25,27). The maximum absolute atomic E-state index is 13.0. The molecule has 3 heterocycles. The van der Waals surface area contributed by atoms with E-state index in [9.17, 15) is 9.59 Å². The van der Waals surface area contributed by atoms with Gasteiger partial charge < -0.3 is 14.8 Å². The molecule has 0 bridgehead atoms. The second-order valence-electron chi connectivity index (χ2n) is 7.18. The summed E-state index contributed by atoms with van der Waals surface area (Å²) in [6.45, 7) is 2.83. The van der Waals surface area contributed by atoms with Crippen LogP contribution >= 0.6 is 0 Å². The minimum Gasteiger partial charge on any atom is -0.493 e. The van der Waals surface area contributed by atoms with Crippen molar-refractivity contribution in [2.75, 3.05) is 13.7 Å². The molecule has 0 fully saturated rings. The molecule has 0 saturated heterocycles. The van der Waals surface area contributed by atoms with Gasteiger partial charge in [0, 0.05) is 18.8 Å². The van der Waals surface area contributed by atoms with Crippen LogP contribution in [0.1, 0.15) is 33.5 Å². The van der Waals surface area contributed by atoms with Crippen LogP contribution in [0, 0.1) is 6.92 Å².